The number of likely N-dealkylation sites (N-methyl/N-ethyl adjacent to an activating group) is 1. The number of imidazole rings is 1. The van der Waals surface area contributed by atoms with Gasteiger partial charge < -0.3 is 20.1 Å². The van der Waals surface area contributed by atoms with E-state index in [1.165, 1.54) is 13.3 Å². The summed E-state index contributed by atoms with van der Waals surface area (Å²) in [5, 5.41) is 0. The second-order valence-corrected chi connectivity index (χ2v) is 8.96. The summed E-state index contributed by atoms with van der Waals surface area (Å²) >= 11 is 0. The summed E-state index contributed by atoms with van der Waals surface area (Å²) in [7, 11) is 3.20. The fourth-order valence-electron chi connectivity index (χ4n) is 4.72. The quantitative estimate of drug-likeness (QED) is 0.689. The van der Waals surface area contributed by atoms with E-state index in [4.69, 9.17) is 10.7 Å². The van der Waals surface area contributed by atoms with Crippen LogP contribution in [0.1, 0.15) is 53.7 Å². The number of allylic oxidation sites excluding steroid dienone is 1. The summed E-state index contributed by atoms with van der Waals surface area (Å²) in [5.74, 6) is 1.77. The van der Waals surface area contributed by atoms with Crippen LogP contribution in [0.2, 0.25) is 0 Å². The number of aliphatic imine (C=N–C) groups is 1. The van der Waals surface area contributed by atoms with Gasteiger partial charge in [0.1, 0.15) is 12.4 Å². The molecule has 1 aliphatic carbocycles. The van der Waals surface area contributed by atoms with Crippen molar-refractivity contribution in [3.63, 3.8) is 0 Å². The van der Waals surface area contributed by atoms with Crippen LogP contribution in [0.5, 0.6) is 0 Å². The molecule has 0 bridgehead atoms. The molecule has 2 aromatic rings. The molecule has 0 saturated heterocycles. The van der Waals surface area contributed by atoms with Crippen molar-refractivity contribution in [2.75, 3.05) is 25.5 Å². The van der Waals surface area contributed by atoms with Gasteiger partial charge in [0.05, 0.1) is 34.9 Å². The zero-order chi connectivity index (χ0) is 24.2. The monoisotopic (exact) mass is 473 g/mol. The third-order valence-corrected chi connectivity index (χ3v) is 6.58. The number of hydrogen-bond donors (Lipinski definition) is 1. The molecule has 0 atom stereocenters. The number of carbonyl (C=O) groups is 1. The molecule has 180 valence electrons. The lowest BCUT2D eigenvalue weighted by Crippen LogP contribution is -2.37. The summed E-state index contributed by atoms with van der Waals surface area (Å²) in [6.07, 6.45) is 1.02. The number of fused-ring (bicyclic) bond motifs is 2. The van der Waals surface area contributed by atoms with Crippen LogP contribution >= 0.6 is 0 Å². The van der Waals surface area contributed by atoms with Gasteiger partial charge in [0, 0.05) is 44.5 Å². The molecule has 11 heteroatoms. The first-order chi connectivity index (χ1) is 16.2. The minimum atomic E-state index is -4.63. The Hall–Kier alpha value is -3.37. The number of aromatic nitrogens is 3. The number of anilines is 2. The Morgan fingerprint density at radius 2 is 2.03 bits per heavy atom. The van der Waals surface area contributed by atoms with Crippen LogP contribution in [0.3, 0.4) is 0 Å². The van der Waals surface area contributed by atoms with Gasteiger partial charge in [0.25, 0.3) is 0 Å². The number of nitrogens with two attached hydrogens (primary N) is 1. The molecule has 1 fully saturated rings. The van der Waals surface area contributed by atoms with Crippen molar-refractivity contribution in [2.24, 2.45) is 10.7 Å². The largest absolute Gasteiger partial charge is 0.418 e. The van der Waals surface area contributed by atoms with Crippen molar-refractivity contribution in [1.29, 1.82) is 0 Å². The second-order valence-electron chi connectivity index (χ2n) is 8.96. The maximum Gasteiger partial charge on any atom is 0.418 e. The number of aryl methyl sites for hydroxylation is 1. The molecule has 8 nitrogen and oxygen atoms in total. The smallest absolute Gasteiger partial charge is 0.404 e. The van der Waals surface area contributed by atoms with Gasteiger partial charge in [-0.3, -0.25) is 9.79 Å². The number of pyridine rings is 1. The van der Waals surface area contributed by atoms with E-state index in [9.17, 15) is 18.0 Å². The number of nitrogens with zero attached hydrogens (tertiary/aromatic N) is 6. The number of carbonyl (C=O) groups excluding carboxylic acids is 1. The Labute approximate surface area is 195 Å². The number of rotatable bonds is 4. The summed E-state index contributed by atoms with van der Waals surface area (Å²) in [5.41, 5.74) is 6.46. The molecule has 0 spiro atoms. The van der Waals surface area contributed by atoms with Crippen molar-refractivity contribution in [3.8, 4) is 0 Å². The van der Waals surface area contributed by atoms with Crippen LogP contribution in [-0.4, -0.2) is 52.2 Å². The van der Waals surface area contributed by atoms with E-state index in [0.29, 0.717) is 49.0 Å². The first kappa shape index (κ1) is 22.4. The average Bonchev–Trinajstić information content (AvgIpc) is 3.58. The Kier molecular flexibility index (Phi) is 5.37. The van der Waals surface area contributed by atoms with Crippen LogP contribution < -0.4 is 10.6 Å². The fraction of sp³-hybridized carbons (Fsp3) is 0.478. The summed E-state index contributed by atoms with van der Waals surface area (Å²) in [6, 6.07) is 1.16. The SMILES string of the molecule is CN=CC(=CN)c1nc2c(cc1C(F)(F)F)N(c1nc(C3CC3)n3c1CN(C)C(=O)C3)CCC2. The predicted molar refractivity (Wildman–Crippen MR) is 122 cm³/mol. The highest BCUT2D eigenvalue weighted by molar-refractivity contribution is 6.09. The minimum Gasteiger partial charge on any atom is -0.404 e. The molecule has 0 radical (unpaired) electrons. The van der Waals surface area contributed by atoms with Crippen LogP contribution in [0.15, 0.2) is 17.3 Å². The van der Waals surface area contributed by atoms with Crippen molar-refractivity contribution >= 4 is 29.2 Å². The molecule has 5 rings (SSSR count). The van der Waals surface area contributed by atoms with Gasteiger partial charge in [-0.2, -0.15) is 13.2 Å². The Morgan fingerprint density at radius 3 is 2.68 bits per heavy atom. The van der Waals surface area contributed by atoms with Gasteiger partial charge in [0.2, 0.25) is 5.91 Å². The van der Waals surface area contributed by atoms with Crippen molar-refractivity contribution in [3.05, 3.63) is 40.7 Å². The second kappa shape index (κ2) is 8.14. The van der Waals surface area contributed by atoms with Gasteiger partial charge in [-0.15, -0.1) is 0 Å². The lowest BCUT2D eigenvalue weighted by Gasteiger charge is -2.33. The molecule has 1 amide bonds. The van der Waals surface area contributed by atoms with Gasteiger partial charge >= 0.3 is 6.18 Å². The molecule has 0 aromatic carbocycles. The normalized spacial score (nSPS) is 19.1. The average molecular weight is 474 g/mol. The van der Waals surface area contributed by atoms with Gasteiger partial charge in [-0.1, -0.05) is 0 Å². The van der Waals surface area contributed by atoms with Gasteiger partial charge in [-0.25, -0.2) is 9.97 Å². The van der Waals surface area contributed by atoms with E-state index in [2.05, 4.69) is 9.98 Å². The molecule has 2 N–H and O–H groups in total. The summed E-state index contributed by atoms with van der Waals surface area (Å²) in [4.78, 5) is 29.0. The van der Waals surface area contributed by atoms with Crippen LogP contribution in [0.4, 0.5) is 24.7 Å². The van der Waals surface area contributed by atoms with E-state index in [-0.39, 0.29) is 23.7 Å². The molecule has 2 aliphatic heterocycles. The fourth-order valence-corrected chi connectivity index (χ4v) is 4.72. The third kappa shape index (κ3) is 3.72. The van der Waals surface area contributed by atoms with Crippen molar-refractivity contribution in [1.82, 2.24) is 19.4 Å². The first-order valence-electron chi connectivity index (χ1n) is 11.3. The summed E-state index contributed by atoms with van der Waals surface area (Å²) < 4.78 is 44.4. The third-order valence-electron chi connectivity index (χ3n) is 6.58. The van der Waals surface area contributed by atoms with Crippen LogP contribution in [0.25, 0.3) is 5.57 Å². The minimum absolute atomic E-state index is 0.00162. The maximum absolute atomic E-state index is 14.1. The van der Waals surface area contributed by atoms with E-state index in [1.807, 2.05) is 9.47 Å². The molecule has 4 heterocycles. The number of halogens is 3. The highest BCUT2D eigenvalue weighted by atomic mass is 19.4. The van der Waals surface area contributed by atoms with E-state index in [1.54, 1.807) is 11.9 Å². The molecule has 3 aliphatic rings. The first-order valence-corrected chi connectivity index (χ1v) is 11.3. The number of hydrogen-bond acceptors (Lipinski definition) is 6. The zero-order valence-corrected chi connectivity index (χ0v) is 19.1. The molecule has 0 unspecified atom stereocenters. The van der Waals surface area contributed by atoms with Gasteiger partial charge in [-0.05, 0) is 31.7 Å². The zero-order valence-electron chi connectivity index (χ0n) is 19.1. The van der Waals surface area contributed by atoms with E-state index >= 15 is 0 Å². The molecular weight excluding hydrogens is 447 g/mol. The van der Waals surface area contributed by atoms with Crippen LogP contribution in [-0.2, 0) is 30.5 Å². The highest BCUT2D eigenvalue weighted by Gasteiger charge is 2.40. The lowest BCUT2D eigenvalue weighted by atomic mass is 10.00. The highest BCUT2D eigenvalue weighted by Crippen LogP contribution is 2.45. The molecular formula is C23H26F3N7O. The van der Waals surface area contributed by atoms with Crippen molar-refractivity contribution < 1.29 is 18.0 Å². The Balaban J connectivity index is 1.67. The standard InChI is InChI=1S/C23H26F3N7O/c1-28-10-14(9-27)20-15(23(24,25)26)8-17-16(29-20)4-3-7-32(17)22-18-11-31(2)19(34)12-33(18)21(30-22)13-5-6-13/h8-10,13H,3-7,11-12,27H2,1-2H3. The summed E-state index contributed by atoms with van der Waals surface area (Å²) in [6.45, 7) is 1.09. The lowest BCUT2D eigenvalue weighted by molar-refractivity contribution is -0.138. The van der Waals surface area contributed by atoms with E-state index < -0.39 is 11.7 Å². The topological polar surface area (TPSA) is 92.6 Å². The maximum atomic E-state index is 14.1. The van der Waals surface area contributed by atoms with E-state index in [0.717, 1.165) is 36.6 Å². The Bertz CT molecular complexity index is 1210. The number of amides is 1. The van der Waals surface area contributed by atoms with Crippen molar-refractivity contribution in [2.45, 2.75) is 50.9 Å². The molecule has 34 heavy (non-hydrogen) atoms. The molecule has 2 aromatic heterocycles. The Morgan fingerprint density at radius 1 is 1.26 bits per heavy atom. The molecule has 1 saturated carbocycles. The number of alkyl halides is 3. The van der Waals surface area contributed by atoms with Crippen LogP contribution in [0, 0.1) is 0 Å². The van der Waals surface area contributed by atoms with Gasteiger partial charge in [0.15, 0.2) is 5.82 Å². The predicted octanol–water partition coefficient (Wildman–Crippen LogP) is 3.23.